The summed E-state index contributed by atoms with van der Waals surface area (Å²) in [6.45, 7) is 2.45. The first-order valence-electron chi connectivity index (χ1n) is 5.30. The van der Waals surface area contributed by atoms with Gasteiger partial charge in [0.15, 0.2) is 5.69 Å². The molecule has 1 aromatic heterocycles. The SMILES string of the molecule is CCNC(=O)c1ccn(-c2cccc(Cl)c2)n1. The van der Waals surface area contributed by atoms with Gasteiger partial charge in [0.1, 0.15) is 0 Å². The minimum absolute atomic E-state index is 0.173. The van der Waals surface area contributed by atoms with Crippen LogP contribution in [0.25, 0.3) is 5.69 Å². The van der Waals surface area contributed by atoms with Crippen LogP contribution in [0.4, 0.5) is 0 Å². The van der Waals surface area contributed by atoms with Gasteiger partial charge in [-0.25, -0.2) is 4.68 Å². The second kappa shape index (κ2) is 5.01. The average molecular weight is 250 g/mol. The van der Waals surface area contributed by atoms with Gasteiger partial charge in [0.05, 0.1) is 5.69 Å². The summed E-state index contributed by atoms with van der Waals surface area (Å²) in [7, 11) is 0. The summed E-state index contributed by atoms with van der Waals surface area (Å²) < 4.78 is 1.62. The van der Waals surface area contributed by atoms with Gasteiger partial charge >= 0.3 is 0 Å². The standard InChI is InChI=1S/C12H12ClN3O/c1-2-14-12(17)11-6-7-16(15-11)10-5-3-4-9(13)8-10/h3-8H,2H2,1H3,(H,14,17). The molecule has 2 aromatic rings. The second-order valence-electron chi connectivity index (χ2n) is 3.48. The fourth-order valence-corrected chi connectivity index (χ4v) is 1.64. The molecule has 4 nitrogen and oxygen atoms in total. The molecule has 0 bridgehead atoms. The van der Waals surface area contributed by atoms with Crippen molar-refractivity contribution in [2.75, 3.05) is 6.54 Å². The van der Waals surface area contributed by atoms with Crippen molar-refractivity contribution in [1.82, 2.24) is 15.1 Å². The molecule has 1 heterocycles. The van der Waals surface area contributed by atoms with Gasteiger partial charge in [0, 0.05) is 17.8 Å². The Balaban J connectivity index is 2.27. The van der Waals surface area contributed by atoms with Crippen LogP contribution in [0.3, 0.4) is 0 Å². The largest absolute Gasteiger partial charge is 0.351 e. The minimum Gasteiger partial charge on any atom is -0.351 e. The summed E-state index contributed by atoms with van der Waals surface area (Å²) in [6.07, 6.45) is 1.73. The smallest absolute Gasteiger partial charge is 0.271 e. The lowest BCUT2D eigenvalue weighted by Gasteiger charge is -2.01. The van der Waals surface area contributed by atoms with Crippen molar-refractivity contribution in [1.29, 1.82) is 0 Å². The van der Waals surface area contributed by atoms with Crippen LogP contribution < -0.4 is 5.32 Å². The highest BCUT2D eigenvalue weighted by Crippen LogP contribution is 2.14. The molecule has 0 unspecified atom stereocenters. The molecule has 0 aliphatic carbocycles. The summed E-state index contributed by atoms with van der Waals surface area (Å²) in [6, 6.07) is 8.97. The lowest BCUT2D eigenvalue weighted by atomic mass is 10.3. The maximum absolute atomic E-state index is 11.5. The molecule has 0 atom stereocenters. The highest BCUT2D eigenvalue weighted by molar-refractivity contribution is 6.30. The number of hydrogen-bond donors (Lipinski definition) is 1. The predicted octanol–water partition coefficient (Wildman–Crippen LogP) is 2.28. The zero-order chi connectivity index (χ0) is 12.3. The predicted molar refractivity (Wildman–Crippen MR) is 66.6 cm³/mol. The summed E-state index contributed by atoms with van der Waals surface area (Å²) in [5, 5.41) is 7.52. The third-order valence-corrected chi connectivity index (χ3v) is 2.47. The molecule has 0 aliphatic heterocycles. The van der Waals surface area contributed by atoms with E-state index in [0.717, 1.165) is 5.69 Å². The number of aromatic nitrogens is 2. The number of carbonyl (C=O) groups is 1. The molecule has 17 heavy (non-hydrogen) atoms. The third-order valence-electron chi connectivity index (χ3n) is 2.23. The van der Waals surface area contributed by atoms with Crippen molar-refractivity contribution in [2.24, 2.45) is 0 Å². The van der Waals surface area contributed by atoms with Crippen LogP contribution >= 0.6 is 11.6 Å². The van der Waals surface area contributed by atoms with E-state index in [1.165, 1.54) is 0 Å². The number of nitrogens with one attached hydrogen (secondary N) is 1. The maximum atomic E-state index is 11.5. The number of carbonyl (C=O) groups excluding carboxylic acids is 1. The molecule has 0 saturated carbocycles. The van der Waals surface area contributed by atoms with Crippen LogP contribution in [0.15, 0.2) is 36.5 Å². The van der Waals surface area contributed by atoms with E-state index >= 15 is 0 Å². The average Bonchev–Trinajstić information content (AvgIpc) is 2.78. The lowest BCUT2D eigenvalue weighted by molar-refractivity contribution is 0.0950. The van der Waals surface area contributed by atoms with Crippen molar-refractivity contribution in [3.05, 3.63) is 47.2 Å². The van der Waals surface area contributed by atoms with Gasteiger partial charge in [-0.3, -0.25) is 4.79 Å². The quantitative estimate of drug-likeness (QED) is 0.907. The molecule has 0 radical (unpaired) electrons. The van der Waals surface area contributed by atoms with Crippen molar-refractivity contribution in [2.45, 2.75) is 6.92 Å². The first-order chi connectivity index (χ1) is 8.20. The second-order valence-corrected chi connectivity index (χ2v) is 3.92. The molecule has 0 saturated heterocycles. The van der Waals surface area contributed by atoms with E-state index in [2.05, 4.69) is 10.4 Å². The number of hydrogen-bond acceptors (Lipinski definition) is 2. The van der Waals surface area contributed by atoms with Crippen molar-refractivity contribution >= 4 is 17.5 Å². The van der Waals surface area contributed by atoms with E-state index in [0.29, 0.717) is 17.3 Å². The third kappa shape index (κ3) is 2.65. The van der Waals surface area contributed by atoms with Gasteiger partial charge in [-0.15, -0.1) is 0 Å². The summed E-state index contributed by atoms with van der Waals surface area (Å²) in [5.41, 5.74) is 1.22. The van der Waals surface area contributed by atoms with E-state index in [1.54, 1.807) is 29.1 Å². The zero-order valence-corrected chi connectivity index (χ0v) is 10.1. The Morgan fingerprint density at radius 2 is 2.29 bits per heavy atom. The fraction of sp³-hybridized carbons (Fsp3) is 0.167. The Kier molecular flexibility index (Phi) is 3.44. The molecule has 0 spiro atoms. The Morgan fingerprint density at radius 3 is 3.00 bits per heavy atom. The highest BCUT2D eigenvalue weighted by atomic mass is 35.5. The van der Waals surface area contributed by atoms with E-state index in [9.17, 15) is 4.79 Å². The number of benzene rings is 1. The first kappa shape index (κ1) is 11.7. The van der Waals surface area contributed by atoms with Gasteiger partial charge in [-0.1, -0.05) is 17.7 Å². The van der Waals surface area contributed by atoms with Gasteiger partial charge in [-0.05, 0) is 31.2 Å². The Labute approximate surface area is 104 Å². The molecule has 0 fully saturated rings. The van der Waals surface area contributed by atoms with E-state index in [1.807, 2.05) is 19.1 Å². The summed E-state index contributed by atoms with van der Waals surface area (Å²) >= 11 is 5.89. The summed E-state index contributed by atoms with van der Waals surface area (Å²) in [5.74, 6) is -0.173. The highest BCUT2D eigenvalue weighted by Gasteiger charge is 2.08. The van der Waals surface area contributed by atoms with Crippen molar-refractivity contribution in [3.63, 3.8) is 0 Å². The minimum atomic E-state index is -0.173. The van der Waals surface area contributed by atoms with E-state index < -0.39 is 0 Å². The van der Waals surface area contributed by atoms with Gasteiger partial charge in [0.25, 0.3) is 5.91 Å². The van der Waals surface area contributed by atoms with Gasteiger partial charge < -0.3 is 5.32 Å². The number of nitrogens with zero attached hydrogens (tertiary/aromatic N) is 2. The van der Waals surface area contributed by atoms with Crippen molar-refractivity contribution in [3.8, 4) is 5.69 Å². The molecule has 88 valence electrons. The molecule has 2 rings (SSSR count). The van der Waals surface area contributed by atoms with Crippen molar-refractivity contribution < 1.29 is 4.79 Å². The van der Waals surface area contributed by atoms with Crippen LogP contribution in [0.1, 0.15) is 17.4 Å². The van der Waals surface area contributed by atoms with Crippen LogP contribution in [-0.4, -0.2) is 22.2 Å². The Morgan fingerprint density at radius 1 is 1.47 bits per heavy atom. The summed E-state index contributed by atoms with van der Waals surface area (Å²) in [4.78, 5) is 11.5. The molecule has 1 aromatic carbocycles. The number of rotatable bonds is 3. The molecule has 1 amide bonds. The topological polar surface area (TPSA) is 46.9 Å². The molecule has 0 aliphatic rings. The normalized spacial score (nSPS) is 10.2. The van der Waals surface area contributed by atoms with Gasteiger partial charge in [0.2, 0.25) is 0 Å². The molecule has 1 N–H and O–H groups in total. The van der Waals surface area contributed by atoms with Gasteiger partial charge in [-0.2, -0.15) is 5.10 Å². The zero-order valence-electron chi connectivity index (χ0n) is 9.35. The fourth-order valence-electron chi connectivity index (χ4n) is 1.46. The number of amides is 1. The Hall–Kier alpha value is -1.81. The Bertz CT molecular complexity index is 536. The van der Waals surface area contributed by atoms with Crippen LogP contribution in [0.5, 0.6) is 0 Å². The maximum Gasteiger partial charge on any atom is 0.271 e. The van der Waals surface area contributed by atoms with Crippen LogP contribution in [0, 0.1) is 0 Å². The van der Waals surface area contributed by atoms with E-state index in [-0.39, 0.29) is 5.91 Å². The number of halogens is 1. The van der Waals surface area contributed by atoms with E-state index in [4.69, 9.17) is 11.6 Å². The molecular formula is C12H12ClN3O. The monoisotopic (exact) mass is 249 g/mol. The molecule has 5 heteroatoms. The first-order valence-corrected chi connectivity index (χ1v) is 5.68. The van der Waals surface area contributed by atoms with Crippen LogP contribution in [-0.2, 0) is 0 Å². The molecular weight excluding hydrogens is 238 g/mol. The lowest BCUT2D eigenvalue weighted by Crippen LogP contribution is -2.23. The van der Waals surface area contributed by atoms with Crippen LogP contribution in [0.2, 0.25) is 5.02 Å².